The van der Waals surface area contributed by atoms with Crippen LogP contribution in [0, 0.1) is 5.82 Å². The van der Waals surface area contributed by atoms with E-state index in [0.29, 0.717) is 24.5 Å². The molecule has 1 atom stereocenters. The molecule has 1 unspecified atom stereocenters. The van der Waals surface area contributed by atoms with Gasteiger partial charge in [0, 0.05) is 31.9 Å². The Morgan fingerprint density at radius 1 is 1.03 bits per heavy atom. The molecule has 1 saturated heterocycles. The van der Waals surface area contributed by atoms with Crippen LogP contribution in [-0.2, 0) is 27.4 Å². The average Bonchev–Trinajstić information content (AvgIpc) is 3.16. The molecule has 0 radical (unpaired) electrons. The van der Waals surface area contributed by atoms with E-state index in [1.165, 1.54) is 22.5 Å². The van der Waals surface area contributed by atoms with Crippen molar-refractivity contribution in [1.29, 1.82) is 0 Å². The Morgan fingerprint density at radius 2 is 1.72 bits per heavy atom. The van der Waals surface area contributed by atoms with Crippen molar-refractivity contribution in [1.82, 2.24) is 4.31 Å². The van der Waals surface area contributed by atoms with Gasteiger partial charge in [-0.05, 0) is 54.3 Å². The first kappa shape index (κ1) is 22.5. The molecule has 172 valence electrons. The van der Waals surface area contributed by atoms with E-state index in [4.69, 9.17) is 0 Å². The minimum atomic E-state index is -4.79. The van der Waals surface area contributed by atoms with E-state index in [0.717, 1.165) is 11.6 Å². The highest BCUT2D eigenvalue weighted by atomic mass is 32.2. The molecular weight excluding hydrogens is 452 g/mol. The van der Waals surface area contributed by atoms with Crippen molar-refractivity contribution in [2.75, 3.05) is 31.1 Å². The maximum atomic E-state index is 13.9. The summed E-state index contributed by atoms with van der Waals surface area (Å²) >= 11 is 0. The van der Waals surface area contributed by atoms with E-state index in [2.05, 4.69) is 0 Å². The summed E-state index contributed by atoms with van der Waals surface area (Å²) < 4.78 is 79.6. The summed E-state index contributed by atoms with van der Waals surface area (Å²) in [6, 6.07) is 7.19. The molecule has 11 heteroatoms. The molecular formula is C21H20F4N2O4S. The zero-order chi connectivity index (χ0) is 23.3. The Bertz CT molecular complexity index is 1160. The van der Waals surface area contributed by atoms with Crippen LogP contribution in [0.1, 0.15) is 29.0 Å². The number of rotatable bonds is 4. The van der Waals surface area contributed by atoms with Gasteiger partial charge in [0.1, 0.15) is 5.82 Å². The summed E-state index contributed by atoms with van der Waals surface area (Å²) in [6.45, 7) is 0.467. The fourth-order valence-corrected chi connectivity index (χ4v) is 5.72. The van der Waals surface area contributed by atoms with Gasteiger partial charge in [0.05, 0.1) is 16.4 Å². The molecule has 2 aromatic rings. The number of carboxylic acids is 1. The lowest BCUT2D eigenvalue weighted by molar-refractivity contribution is -0.140. The maximum absolute atomic E-state index is 13.9. The molecule has 0 spiro atoms. The lowest BCUT2D eigenvalue weighted by Gasteiger charge is -2.35. The molecule has 0 aromatic heterocycles. The number of benzene rings is 2. The quantitative estimate of drug-likeness (QED) is 0.690. The van der Waals surface area contributed by atoms with Crippen LogP contribution in [0.2, 0.25) is 0 Å². The average molecular weight is 472 g/mol. The Morgan fingerprint density at radius 3 is 2.31 bits per heavy atom. The number of nitrogens with zero attached hydrogens (tertiary/aromatic N) is 2. The number of hydrogen-bond acceptors (Lipinski definition) is 4. The highest BCUT2D eigenvalue weighted by Crippen LogP contribution is 2.36. The predicted octanol–water partition coefficient (Wildman–Crippen LogP) is 3.47. The Labute approximate surface area is 182 Å². The number of aliphatic carboxylic acids is 1. The minimum absolute atomic E-state index is 0.0124. The summed E-state index contributed by atoms with van der Waals surface area (Å²) in [4.78, 5) is 13.1. The van der Waals surface area contributed by atoms with Gasteiger partial charge in [0.2, 0.25) is 10.0 Å². The third-order valence-electron chi connectivity index (χ3n) is 5.99. The van der Waals surface area contributed by atoms with E-state index in [9.17, 15) is 35.9 Å². The number of aryl methyl sites for hydroxylation is 1. The molecule has 4 rings (SSSR count). The van der Waals surface area contributed by atoms with E-state index >= 15 is 0 Å². The number of hydrogen-bond donors (Lipinski definition) is 1. The SMILES string of the molecule is O=C(O)C1CCc2ccc(S(=O)(=O)N3CCN(c4ccc(C(F)(F)F)c(F)c4)CC3)cc21. The van der Waals surface area contributed by atoms with Crippen molar-refractivity contribution in [3.8, 4) is 0 Å². The molecule has 1 aliphatic heterocycles. The topological polar surface area (TPSA) is 77.9 Å². The first-order valence-corrected chi connectivity index (χ1v) is 11.4. The summed E-state index contributed by atoms with van der Waals surface area (Å²) in [7, 11) is -3.88. The second-order valence-electron chi connectivity index (χ2n) is 7.84. The number of fused-ring (bicyclic) bond motifs is 1. The second kappa shape index (κ2) is 8.04. The van der Waals surface area contributed by atoms with Crippen molar-refractivity contribution in [3.63, 3.8) is 0 Å². The zero-order valence-corrected chi connectivity index (χ0v) is 17.6. The molecule has 6 nitrogen and oxygen atoms in total. The van der Waals surface area contributed by atoms with Gasteiger partial charge in [0.25, 0.3) is 0 Å². The predicted molar refractivity (Wildman–Crippen MR) is 108 cm³/mol. The molecule has 1 fully saturated rings. The number of sulfonamides is 1. The Kier molecular flexibility index (Phi) is 5.66. The molecule has 0 saturated carbocycles. The minimum Gasteiger partial charge on any atom is -0.481 e. The molecule has 2 aliphatic rings. The van der Waals surface area contributed by atoms with Crippen LogP contribution >= 0.6 is 0 Å². The third kappa shape index (κ3) is 4.06. The molecule has 1 N–H and O–H groups in total. The number of piperazine rings is 1. The number of alkyl halides is 3. The van der Waals surface area contributed by atoms with Crippen LogP contribution in [-0.4, -0.2) is 50.0 Å². The van der Waals surface area contributed by atoms with Crippen molar-refractivity contribution in [3.05, 3.63) is 58.9 Å². The molecule has 0 amide bonds. The van der Waals surface area contributed by atoms with E-state index in [1.807, 2.05) is 0 Å². The summed E-state index contributed by atoms with van der Waals surface area (Å²) in [5.41, 5.74) is 0.232. The maximum Gasteiger partial charge on any atom is 0.419 e. The largest absolute Gasteiger partial charge is 0.481 e. The summed E-state index contributed by atoms with van der Waals surface area (Å²) in [5, 5.41) is 9.37. The summed E-state index contributed by atoms with van der Waals surface area (Å²) in [6.07, 6.45) is -3.78. The van der Waals surface area contributed by atoms with Gasteiger partial charge >= 0.3 is 12.1 Å². The first-order valence-electron chi connectivity index (χ1n) is 9.96. The highest BCUT2D eigenvalue weighted by molar-refractivity contribution is 7.89. The van der Waals surface area contributed by atoms with Crippen LogP contribution in [0.25, 0.3) is 0 Å². The standard InChI is InChI=1S/C21H20F4N2O4S/c22-19-11-14(3-6-18(19)21(23,24)25)26-7-9-27(10-8-26)32(30,31)15-4-1-13-2-5-16(20(28)29)17(13)12-15/h1,3-4,6,11-12,16H,2,5,7-10H2,(H,28,29). The fraction of sp³-hybridized carbons (Fsp3) is 0.381. The normalized spacial score (nSPS) is 19.8. The van der Waals surface area contributed by atoms with Gasteiger partial charge in [-0.2, -0.15) is 17.5 Å². The lowest BCUT2D eigenvalue weighted by Crippen LogP contribution is -2.48. The zero-order valence-electron chi connectivity index (χ0n) is 16.8. The molecule has 32 heavy (non-hydrogen) atoms. The van der Waals surface area contributed by atoms with E-state index in [1.54, 1.807) is 11.0 Å². The van der Waals surface area contributed by atoms with E-state index in [-0.39, 0.29) is 36.8 Å². The highest BCUT2D eigenvalue weighted by Gasteiger charge is 2.35. The molecule has 1 heterocycles. The van der Waals surface area contributed by atoms with Crippen molar-refractivity contribution >= 4 is 21.7 Å². The Balaban J connectivity index is 1.49. The number of anilines is 1. The van der Waals surface area contributed by atoms with Crippen LogP contribution in [0.15, 0.2) is 41.3 Å². The van der Waals surface area contributed by atoms with Gasteiger partial charge in [-0.3, -0.25) is 4.79 Å². The van der Waals surface area contributed by atoms with Gasteiger partial charge < -0.3 is 10.0 Å². The summed E-state index contributed by atoms with van der Waals surface area (Å²) in [5.74, 6) is -3.10. The number of halogens is 4. The Hall–Kier alpha value is -2.66. The molecule has 1 aliphatic carbocycles. The number of carbonyl (C=O) groups is 1. The lowest BCUT2D eigenvalue weighted by atomic mass is 10.0. The molecule has 0 bridgehead atoms. The molecule has 2 aromatic carbocycles. The monoisotopic (exact) mass is 472 g/mol. The van der Waals surface area contributed by atoms with E-state index < -0.39 is 39.5 Å². The van der Waals surface area contributed by atoms with Crippen LogP contribution in [0.4, 0.5) is 23.2 Å². The fourth-order valence-electron chi connectivity index (χ4n) is 4.26. The number of carboxylic acid groups (broad SMARTS) is 1. The smallest absolute Gasteiger partial charge is 0.419 e. The van der Waals surface area contributed by atoms with Crippen LogP contribution in [0.3, 0.4) is 0 Å². The second-order valence-corrected chi connectivity index (χ2v) is 9.78. The van der Waals surface area contributed by atoms with Crippen LogP contribution < -0.4 is 4.90 Å². The van der Waals surface area contributed by atoms with Crippen molar-refractivity contribution in [2.24, 2.45) is 0 Å². The van der Waals surface area contributed by atoms with Crippen LogP contribution in [0.5, 0.6) is 0 Å². The van der Waals surface area contributed by atoms with Gasteiger partial charge in [-0.15, -0.1) is 0 Å². The van der Waals surface area contributed by atoms with Crippen molar-refractivity contribution < 1.29 is 35.9 Å². The van der Waals surface area contributed by atoms with Gasteiger partial charge in [0.15, 0.2) is 0 Å². The van der Waals surface area contributed by atoms with Crippen molar-refractivity contribution in [2.45, 2.75) is 29.8 Å². The first-order chi connectivity index (χ1) is 15.0. The van der Waals surface area contributed by atoms with Gasteiger partial charge in [-0.25, -0.2) is 12.8 Å². The third-order valence-corrected chi connectivity index (χ3v) is 7.89. The van der Waals surface area contributed by atoms with Gasteiger partial charge in [-0.1, -0.05) is 6.07 Å².